The molecule has 1 unspecified atom stereocenters. The van der Waals surface area contributed by atoms with Crippen LogP contribution in [0, 0.1) is 18.8 Å². The number of nitrogens with zero attached hydrogens (tertiary/aromatic N) is 7. The lowest BCUT2D eigenvalue weighted by Gasteiger charge is -2.28. The SMILES string of the molecule is Cc1cc(Nc2cc(N3C[C@@H]4CC4[C@H]3CN)nc3c(-c4cnn(C)c4)cnn23)sn1. The quantitative estimate of drug-likeness (QED) is 0.510. The molecule has 4 aromatic heterocycles. The number of nitrogens with two attached hydrogens (primary N) is 1. The van der Waals surface area contributed by atoms with E-state index in [1.54, 1.807) is 4.68 Å². The van der Waals surface area contributed by atoms with Crippen molar-refractivity contribution >= 4 is 33.8 Å². The number of nitrogens with one attached hydrogen (secondary N) is 1. The van der Waals surface area contributed by atoms with E-state index in [9.17, 15) is 0 Å². The first-order valence-corrected chi connectivity index (χ1v) is 10.9. The van der Waals surface area contributed by atoms with E-state index < -0.39 is 0 Å². The molecule has 5 heterocycles. The van der Waals surface area contributed by atoms with Crippen molar-refractivity contribution in [3.05, 3.63) is 36.4 Å². The summed E-state index contributed by atoms with van der Waals surface area (Å²) in [6.45, 7) is 3.66. The largest absolute Gasteiger partial charge is 0.352 e. The molecule has 3 atom stereocenters. The molecule has 0 aromatic carbocycles. The Morgan fingerprint density at radius 2 is 2.17 bits per heavy atom. The molecule has 0 amide bonds. The highest BCUT2D eigenvalue weighted by molar-refractivity contribution is 7.10. The Hall–Kier alpha value is -2.98. The molecule has 10 heteroatoms. The maximum atomic E-state index is 6.14. The van der Waals surface area contributed by atoms with Crippen LogP contribution in [-0.4, -0.2) is 47.9 Å². The summed E-state index contributed by atoms with van der Waals surface area (Å²) in [7, 11) is 1.91. The van der Waals surface area contributed by atoms with E-state index in [-0.39, 0.29) is 0 Å². The molecular weight excluding hydrogens is 398 g/mol. The number of hydrogen-bond donors (Lipinski definition) is 2. The highest BCUT2D eigenvalue weighted by atomic mass is 32.1. The van der Waals surface area contributed by atoms with Gasteiger partial charge in [-0.15, -0.1) is 0 Å². The van der Waals surface area contributed by atoms with E-state index in [1.165, 1.54) is 18.0 Å². The fraction of sp³-hybridized carbons (Fsp3) is 0.400. The van der Waals surface area contributed by atoms with Gasteiger partial charge in [0, 0.05) is 49.6 Å². The number of fused-ring (bicyclic) bond motifs is 2. The summed E-state index contributed by atoms with van der Waals surface area (Å²) in [5, 5.41) is 13.4. The third kappa shape index (κ3) is 2.78. The molecule has 1 aliphatic carbocycles. The topological polar surface area (TPSA) is 102 Å². The summed E-state index contributed by atoms with van der Waals surface area (Å²) < 4.78 is 8.03. The Kier molecular flexibility index (Phi) is 3.87. The molecule has 0 radical (unpaired) electrons. The van der Waals surface area contributed by atoms with E-state index in [0.29, 0.717) is 18.5 Å². The fourth-order valence-electron chi connectivity index (χ4n) is 4.64. The van der Waals surface area contributed by atoms with Gasteiger partial charge in [0.2, 0.25) is 0 Å². The molecule has 154 valence electrons. The van der Waals surface area contributed by atoms with Gasteiger partial charge < -0.3 is 16.0 Å². The lowest BCUT2D eigenvalue weighted by molar-refractivity contribution is 0.600. The Labute approximate surface area is 177 Å². The van der Waals surface area contributed by atoms with Crippen LogP contribution in [0.5, 0.6) is 0 Å². The molecule has 30 heavy (non-hydrogen) atoms. The smallest absolute Gasteiger partial charge is 0.167 e. The zero-order chi connectivity index (χ0) is 20.4. The second-order valence-electron chi connectivity index (χ2n) is 8.27. The first kappa shape index (κ1) is 17.8. The molecule has 0 spiro atoms. The molecule has 2 aliphatic rings. The van der Waals surface area contributed by atoms with Crippen molar-refractivity contribution in [3.63, 3.8) is 0 Å². The summed E-state index contributed by atoms with van der Waals surface area (Å²) >= 11 is 1.44. The monoisotopic (exact) mass is 421 g/mol. The summed E-state index contributed by atoms with van der Waals surface area (Å²) in [6, 6.07) is 4.47. The highest BCUT2D eigenvalue weighted by Crippen LogP contribution is 2.50. The van der Waals surface area contributed by atoms with E-state index >= 15 is 0 Å². The lowest BCUT2D eigenvalue weighted by Crippen LogP contribution is -2.39. The molecule has 2 fully saturated rings. The highest BCUT2D eigenvalue weighted by Gasteiger charge is 2.52. The Morgan fingerprint density at radius 1 is 1.27 bits per heavy atom. The fourth-order valence-corrected chi connectivity index (χ4v) is 5.30. The first-order valence-electron chi connectivity index (χ1n) is 10.2. The van der Waals surface area contributed by atoms with Crippen LogP contribution in [-0.2, 0) is 7.05 Å². The maximum absolute atomic E-state index is 6.14. The summed E-state index contributed by atoms with van der Waals surface area (Å²) in [4.78, 5) is 7.42. The van der Waals surface area contributed by atoms with Crippen LogP contribution >= 0.6 is 11.5 Å². The van der Waals surface area contributed by atoms with Gasteiger partial charge in [-0.1, -0.05) is 0 Å². The van der Waals surface area contributed by atoms with Crippen LogP contribution in [0.4, 0.5) is 16.6 Å². The Balaban J connectivity index is 1.50. The average molecular weight is 422 g/mol. The van der Waals surface area contributed by atoms with Crippen molar-refractivity contribution < 1.29 is 0 Å². The van der Waals surface area contributed by atoms with Gasteiger partial charge in [-0.2, -0.15) is 19.1 Å². The van der Waals surface area contributed by atoms with Gasteiger partial charge in [0.15, 0.2) is 5.65 Å². The van der Waals surface area contributed by atoms with Crippen molar-refractivity contribution in [1.82, 2.24) is 28.8 Å². The molecule has 1 saturated carbocycles. The molecule has 6 rings (SSSR count). The normalized spacial score (nSPS) is 22.6. The Morgan fingerprint density at radius 3 is 2.90 bits per heavy atom. The number of rotatable bonds is 5. The van der Waals surface area contributed by atoms with Gasteiger partial charge in [0.05, 0.1) is 18.1 Å². The van der Waals surface area contributed by atoms with Crippen molar-refractivity contribution in [2.24, 2.45) is 24.6 Å². The van der Waals surface area contributed by atoms with E-state index in [4.69, 9.17) is 10.7 Å². The third-order valence-corrected chi connectivity index (χ3v) is 6.99. The lowest BCUT2D eigenvalue weighted by atomic mass is 10.2. The maximum Gasteiger partial charge on any atom is 0.167 e. The van der Waals surface area contributed by atoms with Crippen LogP contribution in [0.2, 0.25) is 0 Å². The van der Waals surface area contributed by atoms with Crippen LogP contribution < -0.4 is 16.0 Å². The van der Waals surface area contributed by atoms with Crippen LogP contribution in [0.3, 0.4) is 0 Å². The minimum absolute atomic E-state index is 0.355. The summed E-state index contributed by atoms with van der Waals surface area (Å²) in [6.07, 6.45) is 6.98. The Bertz CT molecular complexity index is 1240. The van der Waals surface area contributed by atoms with E-state index in [1.807, 2.05) is 43.1 Å². The van der Waals surface area contributed by atoms with Crippen molar-refractivity contribution in [1.29, 1.82) is 0 Å². The molecular formula is C20H23N9S. The molecule has 0 bridgehead atoms. The number of aryl methyl sites for hydroxylation is 2. The number of piperidine rings is 1. The van der Waals surface area contributed by atoms with Gasteiger partial charge in [-0.3, -0.25) is 4.68 Å². The zero-order valence-corrected chi connectivity index (χ0v) is 17.7. The second kappa shape index (κ2) is 6.51. The summed E-state index contributed by atoms with van der Waals surface area (Å²) in [5.41, 5.74) is 9.90. The molecule has 3 N–H and O–H groups in total. The molecule has 1 aliphatic heterocycles. The predicted molar refractivity (Wildman–Crippen MR) is 117 cm³/mol. The van der Waals surface area contributed by atoms with Crippen molar-refractivity contribution in [3.8, 4) is 11.1 Å². The predicted octanol–water partition coefficient (Wildman–Crippen LogP) is 2.42. The number of aromatic nitrogens is 6. The van der Waals surface area contributed by atoms with Crippen LogP contribution in [0.25, 0.3) is 16.8 Å². The minimum Gasteiger partial charge on any atom is -0.352 e. The first-order chi connectivity index (χ1) is 14.6. The van der Waals surface area contributed by atoms with Gasteiger partial charge in [0.25, 0.3) is 0 Å². The van der Waals surface area contributed by atoms with Crippen LogP contribution in [0.1, 0.15) is 12.1 Å². The number of hydrogen-bond acceptors (Lipinski definition) is 8. The standard InChI is InChI=1S/C20H23N9S/c1-11-3-19(30-26-11)24-18-5-17(28-10-12-4-14(12)16(28)6-21)25-20-15(8-23-29(18)20)13-7-22-27(2)9-13/h3,5,7-9,12,14,16,24H,4,6,10,21H2,1-2H3/t12-,14?,16+/m0/s1. The molecule has 9 nitrogen and oxygen atoms in total. The van der Waals surface area contributed by atoms with Crippen LogP contribution in [0.15, 0.2) is 30.7 Å². The van der Waals surface area contributed by atoms with Gasteiger partial charge in [-0.05, 0) is 42.8 Å². The van der Waals surface area contributed by atoms with Crippen molar-refractivity contribution in [2.45, 2.75) is 19.4 Å². The van der Waals surface area contributed by atoms with Gasteiger partial charge in [0.1, 0.15) is 16.6 Å². The van der Waals surface area contributed by atoms with E-state index in [0.717, 1.165) is 51.6 Å². The minimum atomic E-state index is 0.355. The van der Waals surface area contributed by atoms with Gasteiger partial charge in [-0.25, -0.2) is 4.98 Å². The van der Waals surface area contributed by atoms with Gasteiger partial charge >= 0.3 is 0 Å². The van der Waals surface area contributed by atoms with E-state index in [2.05, 4.69) is 30.9 Å². The molecule has 1 saturated heterocycles. The summed E-state index contributed by atoms with van der Waals surface area (Å²) in [5.74, 6) is 3.26. The zero-order valence-electron chi connectivity index (χ0n) is 16.9. The third-order valence-electron chi connectivity index (χ3n) is 6.19. The van der Waals surface area contributed by atoms with Crippen molar-refractivity contribution in [2.75, 3.05) is 23.3 Å². The molecule has 4 aromatic rings. The average Bonchev–Trinajstić information content (AvgIpc) is 3.15. The number of anilines is 3. The second-order valence-corrected chi connectivity index (χ2v) is 9.07.